The normalized spacial score (nSPS) is 17.4. The van der Waals surface area contributed by atoms with E-state index in [2.05, 4.69) is 60.5 Å². The van der Waals surface area contributed by atoms with E-state index in [0.717, 1.165) is 37.4 Å². The van der Waals surface area contributed by atoms with Crippen LogP contribution in [0.15, 0.2) is 6.33 Å². The van der Waals surface area contributed by atoms with Gasteiger partial charge in [-0.15, -0.1) is 0 Å². The highest BCUT2D eigenvalue weighted by Gasteiger charge is 2.37. The van der Waals surface area contributed by atoms with Gasteiger partial charge in [0.25, 0.3) is 0 Å². The zero-order valence-corrected chi connectivity index (χ0v) is 23.6. The fourth-order valence-corrected chi connectivity index (χ4v) is 5.80. The number of aromatic nitrogens is 2. The fourth-order valence-electron chi connectivity index (χ4n) is 5.80. The van der Waals surface area contributed by atoms with Gasteiger partial charge in [0.15, 0.2) is 11.6 Å². The average molecular weight is 489 g/mol. The molecule has 6 nitrogen and oxygen atoms in total. The molecule has 5 N–H and O–H groups in total. The molecule has 35 heavy (non-hydrogen) atoms. The third-order valence-electron chi connectivity index (χ3n) is 7.24. The Bertz CT molecular complexity index is 686. The second-order valence-corrected chi connectivity index (χ2v) is 12.1. The Hall–Kier alpha value is -1.56. The van der Waals surface area contributed by atoms with Crippen LogP contribution in [0.25, 0.3) is 0 Å². The molecule has 1 aliphatic rings. The Kier molecular flexibility index (Phi) is 13.2. The summed E-state index contributed by atoms with van der Waals surface area (Å²) >= 11 is 0. The number of anilines is 3. The van der Waals surface area contributed by atoms with Crippen LogP contribution >= 0.6 is 0 Å². The van der Waals surface area contributed by atoms with Crippen molar-refractivity contribution >= 4 is 17.3 Å². The summed E-state index contributed by atoms with van der Waals surface area (Å²) in [5, 5.41) is 10.8. The van der Waals surface area contributed by atoms with Gasteiger partial charge in [-0.05, 0) is 47.0 Å². The van der Waals surface area contributed by atoms with Gasteiger partial charge in [-0.1, -0.05) is 90.4 Å². The first-order chi connectivity index (χ1) is 16.7. The maximum atomic E-state index is 6.43. The van der Waals surface area contributed by atoms with Gasteiger partial charge in [0.2, 0.25) is 0 Å². The van der Waals surface area contributed by atoms with Crippen molar-refractivity contribution in [1.82, 2.24) is 15.3 Å². The van der Waals surface area contributed by atoms with E-state index in [4.69, 9.17) is 5.73 Å². The minimum Gasteiger partial charge on any atom is -0.393 e. The highest BCUT2D eigenvalue weighted by molar-refractivity contribution is 5.74. The maximum Gasteiger partial charge on any atom is 0.155 e. The van der Waals surface area contributed by atoms with Crippen LogP contribution in [-0.4, -0.2) is 33.6 Å². The van der Waals surface area contributed by atoms with Gasteiger partial charge in [-0.2, -0.15) is 0 Å². The lowest BCUT2D eigenvalue weighted by Gasteiger charge is -2.46. The highest BCUT2D eigenvalue weighted by Crippen LogP contribution is 2.32. The second-order valence-electron chi connectivity index (χ2n) is 12.1. The van der Waals surface area contributed by atoms with Gasteiger partial charge in [0, 0.05) is 23.7 Å². The van der Waals surface area contributed by atoms with Crippen LogP contribution in [0.2, 0.25) is 0 Å². The smallest absolute Gasteiger partial charge is 0.155 e. The topological polar surface area (TPSA) is 87.9 Å². The number of nitrogens with zero attached hydrogens (tertiary/aromatic N) is 2. The SMILES string of the molecule is CCCCCCCCCCCCCCCCNc1ncnc(NC2CC(C)(C)NC(C)(C)C2)c1N. The Morgan fingerprint density at radius 3 is 1.74 bits per heavy atom. The Balaban J connectivity index is 1.56. The van der Waals surface area contributed by atoms with E-state index in [-0.39, 0.29) is 11.1 Å². The minimum absolute atomic E-state index is 0.0795. The van der Waals surface area contributed by atoms with E-state index < -0.39 is 0 Å². The van der Waals surface area contributed by atoms with Crippen molar-refractivity contribution in [1.29, 1.82) is 0 Å². The van der Waals surface area contributed by atoms with Crippen LogP contribution < -0.4 is 21.7 Å². The predicted octanol–water partition coefficient (Wildman–Crippen LogP) is 7.67. The number of unbranched alkanes of at least 4 members (excludes halogenated alkanes) is 13. The Morgan fingerprint density at radius 1 is 0.771 bits per heavy atom. The van der Waals surface area contributed by atoms with Gasteiger partial charge >= 0.3 is 0 Å². The van der Waals surface area contributed by atoms with Crippen molar-refractivity contribution in [2.24, 2.45) is 0 Å². The summed E-state index contributed by atoms with van der Waals surface area (Å²) in [6.07, 6.45) is 22.9. The van der Waals surface area contributed by atoms with Crippen LogP contribution in [0.4, 0.5) is 17.3 Å². The number of piperidine rings is 1. The standard InChI is InChI=1S/C29H56N6/c1-6-7-8-9-10-11-12-13-14-15-16-17-18-19-20-31-26-25(30)27(33-23-32-26)34-24-21-28(2,3)35-29(4,5)22-24/h23-24,35H,6-22,30H2,1-5H3,(H2,31,32,33,34). The molecule has 2 heterocycles. The maximum absolute atomic E-state index is 6.43. The molecular formula is C29H56N6. The van der Waals surface area contributed by atoms with E-state index in [9.17, 15) is 0 Å². The monoisotopic (exact) mass is 488 g/mol. The van der Waals surface area contributed by atoms with E-state index in [0.29, 0.717) is 11.7 Å². The summed E-state index contributed by atoms with van der Waals surface area (Å²) in [4.78, 5) is 8.84. The molecular weight excluding hydrogens is 432 g/mol. The first kappa shape index (κ1) is 29.7. The number of nitrogens with two attached hydrogens (primary N) is 1. The Labute approximate surface area is 216 Å². The number of nitrogen functional groups attached to an aromatic ring is 1. The molecule has 2 rings (SSSR count). The van der Waals surface area contributed by atoms with E-state index in [1.807, 2.05) is 0 Å². The summed E-state index contributed by atoms with van der Waals surface area (Å²) < 4.78 is 0. The van der Waals surface area contributed by atoms with Crippen molar-refractivity contribution in [2.75, 3.05) is 22.9 Å². The first-order valence-electron chi connectivity index (χ1n) is 14.6. The third-order valence-corrected chi connectivity index (χ3v) is 7.24. The van der Waals surface area contributed by atoms with Crippen molar-refractivity contribution in [2.45, 2.75) is 154 Å². The summed E-state index contributed by atoms with van der Waals surface area (Å²) in [7, 11) is 0. The largest absolute Gasteiger partial charge is 0.393 e. The number of rotatable bonds is 18. The molecule has 1 fully saturated rings. The van der Waals surface area contributed by atoms with Crippen LogP contribution in [0.3, 0.4) is 0 Å². The van der Waals surface area contributed by atoms with E-state index in [1.165, 1.54) is 83.5 Å². The van der Waals surface area contributed by atoms with Crippen LogP contribution in [0, 0.1) is 0 Å². The second kappa shape index (κ2) is 15.5. The summed E-state index contributed by atoms with van der Waals surface area (Å²) in [5.74, 6) is 1.51. The van der Waals surface area contributed by atoms with Crippen molar-refractivity contribution in [3.63, 3.8) is 0 Å². The molecule has 0 bridgehead atoms. The molecule has 0 amide bonds. The zero-order valence-electron chi connectivity index (χ0n) is 23.6. The van der Waals surface area contributed by atoms with Crippen molar-refractivity contribution in [3.8, 4) is 0 Å². The molecule has 0 unspecified atom stereocenters. The molecule has 0 atom stereocenters. The molecule has 0 aliphatic carbocycles. The number of nitrogens with one attached hydrogen (secondary N) is 3. The number of hydrogen-bond donors (Lipinski definition) is 4. The van der Waals surface area contributed by atoms with Crippen molar-refractivity contribution < 1.29 is 0 Å². The molecule has 0 radical (unpaired) electrons. The molecule has 1 aliphatic heterocycles. The Morgan fingerprint density at radius 2 is 1.23 bits per heavy atom. The summed E-state index contributed by atoms with van der Waals surface area (Å²) in [5.41, 5.74) is 7.22. The van der Waals surface area contributed by atoms with Crippen LogP contribution in [0.5, 0.6) is 0 Å². The van der Waals surface area contributed by atoms with Gasteiger partial charge in [-0.25, -0.2) is 9.97 Å². The van der Waals surface area contributed by atoms with Crippen LogP contribution in [0.1, 0.15) is 137 Å². The van der Waals surface area contributed by atoms with Gasteiger partial charge in [-0.3, -0.25) is 0 Å². The summed E-state index contributed by atoms with van der Waals surface area (Å²) in [6.45, 7) is 12.2. The zero-order chi connectivity index (χ0) is 25.6. The molecule has 1 aromatic rings. The molecule has 1 saturated heterocycles. The van der Waals surface area contributed by atoms with Gasteiger partial charge < -0.3 is 21.7 Å². The minimum atomic E-state index is 0.0795. The molecule has 0 aromatic carbocycles. The quantitative estimate of drug-likeness (QED) is 0.159. The molecule has 6 heteroatoms. The summed E-state index contributed by atoms with van der Waals surface area (Å²) in [6, 6.07) is 0.331. The lowest BCUT2D eigenvalue weighted by atomic mass is 9.79. The third kappa shape index (κ3) is 12.3. The van der Waals surface area contributed by atoms with Crippen molar-refractivity contribution in [3.05, 3.63) is 6.33 Å². The molecule has 0 spiro atoms. The van der Waals surface area contributed by atoms with Gasteiger partial charge in [0.05, 0.1) is 0 Å². The predicted molar refractivity (Wildman–Crippen MR) is 153 cm³/mol. The van der Waals surface area contributed by atoms with E-state index >= 15 is 0 Å². The first-order valence-corrected chi connectivity index (χ1v) is 14.6. The molecule has 0 saturated carbocycles. The van der Waals surface area contributed by atoms with Crippen LogP contribution in [-0.2, 0) is 0 Å². The average Bonchev–Trinajstić information content (AvgIpc) is 2.76. The lowest BCUT2D eigenvalue weighted by molar-refractivity contribution is 0.170. The van der Waals surface area contributed by atoms with E-state index in [1.54, 1.807) is 6.33 Å². The molecule has 1 aromatic heterocycles. The molecule has 202 valence electrons. The number of hydrogen-bond acceptors (Lipinski definition) is 6. The van der Waals surface area contributed by atoms with Gasteiger partial charge in [0.1, 0.15) is 12.0 Å². The fraction of sp³-hybridized carbons (Fsp3) is 0.862. The lowest BCUT2D eigenvalue weighted by Crippen LogP contribution is -2.60. The highest BCUT2D eigenvalue weighted by atomic mass is 15.1.